The molecule has 0 bridgehead atoms. The van der Waals surface area contributed by atoms with Crippen molar-refractivity contribution in [3.63, 3.8) is 0 Å². The van der Waals surface area contributed by atoms with E-state index in [1.807, 2.05) is 12.1 Å². The highest BCUT2D eigenvalue weighted by Gasteiger charge is 2.33. The van der Waals surface area contributed by atoms with Crippen LogP contribution in [-0.4, -0.2) is 28.6 Å². The summed E-state index contributed by atoms with van der Waals surface area (Å²) in [4.78, 5) is 13.9. The van der Waals surface area contributed by atoms with Gasteiger partial charge in [-0.25, -0.2) is 4.79 Å². The zero-order valence-corrected chi connectivity index (χ0v) is 12.4. The summed E-state index contributed by atoms with van der Waals surface area (Å²) in [5, 5.41) is 9.40. The fourth-order valence-electron chi connectivity index (χ4n) is 4.16. The summed E-state index contributed by atoms with van der Waals surface area (Å²) in [5.74, 6) is -0.110. The summed E-state index contributed by atoms with van der Waals surface area (Å²) >= 11 is 0. The average molecular weight is 288 g/mol. The molecule has 0 aromatic heterocycles. The van der Waals surface area contributed by atoms with Crippen LogP contribution in [0.3, 0.4) is 0 Å². The van der Waals surface area contributed by atoms with Gasteiger partial charge < -0.3 is 10.8 Å². The molecule has 114 valence electrons. The number of benzene rings is 1. The van der Waals surface area contributed by atoms with E-state index in [0.717, 1.165) is 18.0 Å². The number of carboxylic acids is 1. The van der Waals surface area contributed by atoms with Gasteiger partial charge in [-0.05, 0) is 49.8 Å². The molecule has 0 spiro atoms. The molecule has 1 saturated heterocycles. The van der Waals surface area contributed by atoms with Crippen LogP contribution in [0, 0.1) is 5.92 Å². The number of carboxylic acid groups (broad SMARTS) is 1. The molecular weight excluding hydrogens is 264 g/mol. The number of likely N-dealkylation sites (tertiary alicyclic amines) is 1. The maximum absolute atomic E-state index is 11.5. The van der Waals surface area contributed by atoms with Crippen LogP contribution < -0.4 is 5.73 Å². The second-order valence-electron chi connectivity index (χ2n) is 6.41. The number of nitrogens with two attached hydrogens (primary N) is 1. The number of hydrogen-bond donors (Lipinski definition) is 2. The number of carbonyl (C=O) groups is 1. The minimum atomic E-state index is -0.917. The standard InChI is InChI=1S/C17H24N2O2/c18-14-8-3-7-13(16(14)17(20)21)11-19-10-4-9-15(19)12-5-1-2-6-12/h3,7-8,12,15H,1-2,4-6,9-11,18H2,(H,20,21). The molecule has 1 aliphatic heterocycles. The van der Waals surface area contributed by atoms with Crippen LogP contribution in [0.1, 0.15) is 54.4 Å². The fraction of sp³-hybridized carbons (Fsp3) is 0.588. The molecule has 1 aromatic carbocycles. The molecule has 3 rings (SSSR count). The van der Waals surface area contributed by atoms with Crippen LogP contribution in [-0.2, 0) is 6.54 Å². The molecule has 3 N–H and O–H groups in total. The summed E-state index contributed by atoms with van der Waals surface area (Å²) < 4.78 is 0. The minimum absolute atomic E-state index is 0.287. The first-order valence-electron chi connectivity index (χ1n) is 8.01. The molecule has 21 heavy (non-hydrogen) atoms. The highest BCUT2D eigenvalue weighted by atomic mass is 16.4. The van der Waals surface area contributed by atoms with Crippen molar-refractivity contribution in [3.8, 4) is 0 Å². The largest absolute Gasteiger partial charge is 0.478 e. The summed E-state index contributed by atoms with van der Waals surface area (Å²) in [6, 6.07) is 6.07. The Morgan fingerprint density at radius 1 is 1.24 bits per heavy atom. The van der Waals surface area contributed by atoms with Gasteiger partial charge in [0.05, 0.1) is 5.56 Å². The lowest BCUT2D eigenvalue weighted by atomic mass is 9.95. The van der Waals surface area contributed by atoms with Crippen molar-refractivity contribution in [2.75, 3.05) is 12.3 Å². The Labute approximate surface area is 125 Å². The predicted molar refractivity (Wildman–Crippen MR) is 83.2 cm³/mol. The molecule has 1 heterocycles. The lowest BCUT2D eigenvalue weighted by Crippen LogP contribution is -2.34. The smallest absolute Gasteiger partial charge is 0.338 e. The van der Waals surface area contributed by atoms with Gasteiger partial charge in [-0.1, -0.05) is 25.0 Å². The van der Waals surface area contributed by atoms with Gasteiger partial charge in [0, 0.05) is 18.3 Å². The highest BCUT2D eigenvalue weighted by Crippen LogP contribution is 2.36. The average Bonchev–Trinajstić information content (AvgIpc) is 3.08. The van der Waals surface area contributed by atoms with Gasteiger partial charge in [-0.15, -0.1) is 0 Å². The summed E-state index contributed by atoms with van der Waals surface area (Å²) in [6.07, 6.45) is 7.87. The second-order valence-corrected chi connectivity index (χ2v) is 6.41. The second kappa shape index (κ2) is 6.06. The van der Waals surface area contributed by atoms with Crippen LogP contribution >= 0.6 is 0 Å². The molecule has 1 aromatic rings. The Kier molecular flexibility index (Phi) is 4.15. The van der Waals surface area contributed by atoms with E-state index in [-0.39, 0.29) is 5.56 Å². The predicted octanol–water partition coefficient (Wildman–Crippen LogP) is 3.12. The minimum Gasteiger partial charge on any atom is -0.478 e. The van der Waals surface area contributed by atoms with Crippen LogP contribution in [0.5, 0.6) is 0 Å². The van der Waals surface area contributed by atoms with Crippen LogP contribution in [0.25, 0.3) is 0 Å². The Morgan fingerprint density at radius 3 is 2.71 bits per heavy atom. The van der Waals surface area contributed by atoms with Crippen molar-refractivity contribution in [1.29, 1.82) is 0 Å². The van der Waals surface area contributed by atoms with E-state index in [4.69, 9.17) is 5.73 Å². The quantitative estimate of drug-likeness (QED) is 0.835. The normalized spacial score (nSPS) is 23.7. The Bertz CT molecular complexity index is 524. The van der Waals surface area contributed by atoms with E-state index >= 15 is 0 Å². The Hall–Kier alpha value is -1.55. The molecule has 4 heteroatoms. The van der Waals surface area contributed by atoms with Crippen molar-refractivity contribution in [2.24, 2.45) is 5.92 Å². The van der Waals surface area contributed by atoms with Crippen molar-refractivity contribution in [2.45, 2.75) is 51.1 Å². The van der Waals surface area contributed by atoms with Crippen molar-refractivity contribution >= 4 is 11.7 Å². The first kappa shape index (κ1) is 14.4. The number of rotatable bonds is 4. The van der Waals surface area contributed by atoms with E-state index in [9.17, 15) is 9.90 Å². The molecule has 1 unspecified atom stereocenters. The lowest BCUT2D eigenvalue weighted by Gasteiger charge is -2.30. The highest BCUT2D eigenvalue weighted by molar-refractivity contribution is 5.95. The van der Waals surface area contributed by atoms with Crippen molar-refractivity contribution < 1.29 is 9.90 Å². The molecular formula is C17H24N2O2. The zero-order valence-electron chi connectivity index (χ0n) is 12.4. The Morgan fingerprint density at radius 2 is 2.00 bits per heavy atom. The number of nitrogens with zero attached hydrogens (tertiary/aromatic N) is 1. The lowest BCUT2D eigenvalue weighted by molar-refractivity contribution is 0.0695. The van der Waals surface area contributed by atoms with Gasteiger partial charge in [0.15, 0.2) is 0 Å². The third-order valence-electron chi connectivity index (χ3n) is 5.13. The van der Waals surface area contributed by atoms with Crippen molar-refractivity contribution in [1.82, 2.24) is 4.90 Å². The fourth-order valence-corrected chi connectivity index (χ4v) is 4.16. The molecule has 2 fully saturated rings. The Balaban J connectivity index is 1.79. The number of aromatic carboxylic acids is 1. The zero-order chi connectivity index (χ0) is 14.8. The molecule has 1 saturated carbocycles. The van der Waals surface area contributed by atoms with Crippen LogP contribution in [0.4, 0.5) is 5.69 Å². The SMILES string of the molecule is Nc1cccc(CN2CCCC2C2CCCC2)c1C(=O)O. The van der Waals surface area contributed by atoms with E-state index in [0.29, 0.717) is 18.3 Å². The van der Waals surface area contributed by atoms with E-state index in [1.54, 1.807) is 6.07 Å². The molecule has 1 atom stereocenters. The van der Waals surface area contributed by atoms with E-state index in [1.165, 1.54) is 38.5 Å². The monoisotopic (exact) mass is 288 g/mol. The van der Waals surface area contributed by atoms with Gasteiger partial charge >= 0.3 is 5.97 Å². The summed E-state index contributed by atoms with van der Waals surface area (Å²) in [5.41, 5.74) is 7.37. The van der Waals surface area contributed by atoms with Gasteiger partial charge in [-0.2, -0.15) is 0 Å². The van der Waals surface area contributed by atoms with Crippen LogP contribution in [0.15, 0.2) is 18.2 Å². The van der Waals surface area contributed by atoms with Crippen molar-refractivity contribution in [3.05, 3.63) is 29.3 Å². The molecule has 4 nitrogen and oxygen atoms in total. The number of anilines is 1. The topological polar surface area (TPSA) is 66.6 Å². The van der Waals surface area contributed by atoms with Gasteiger partial charge in [0.1, 0.15) is 0 Å². The van der Waals surface area contributed by atoms with Gasteiger partial charge in [-0.3, -0.25) is 4.90 Å². The number of nitrogen functional groups attached to an aromatic ring is 1. The number of hydrogen-bond acceptors (Lipinski definition) is 3. The first-order chi connectivity index (χ1) is 10.2. The molecule has 0 amide bonds. The molecule has 0 radical (unpaired) electrons. The van der Waals surface area contributed by atoms with E-state index < -0.39 is 5.97 Å². The maximum atomic E-state index is 11.5. The molecule has 2 aliphatic rings. The van der Waals surface area contributed by atoms with E-state index in [2.05, 4.69) is 4.90 Å². The maximum Gasteiger partial charge on any atom is 0.338 e. The summed E-state index contributed by atoms with van der Waals surface area (Å²) in [7, 11) is 0. The van der Waals surface area contributed by atoms with Gasteiger partial charge in [0.2, 0.25) is 0 Å². The third-order valence-corrected chi connectivity index (χ3v) is 5.13. The first-order valence-corrected chi connectivity index (χ1v) is 8.01. The van der Waals surface area contributed by atoms with Crippen LogP contribution in [0.2, 0.25) is 0 Å². The third kappa shape index (κ3) is 2.91. The van der Waals surface area contributed by atoms with Gasteiger partial charge in [0.25, 0.3) is 0 Å². The molecule has 1 aliphatic carbocycles. The summed E-state index contributed by atoms with van der Waals surface area (Å²) in [6.45, 7) is 1.79.